The van der Waals surface area contributed by atoms with E-state index in [0.717, 1.165) is 18.9 Å². The number of rotatable bonds is 5. The van der Waals surface area contributed by atoms with E-state index in [1.54, 1.807) is 0 Å². The van der Waals surface area contributed by atoms with E-state index >= 15 is 0 Å². The molecular weight excluding hydrogens is 420 g/mol. The molecule has 0 spiro atoms. The third-order valence-electron chi connectivity index (χ3n) is 4.68. The van der Waals surface area contributed by atoms with Gasteiger partial charge in [0.15, 0.2) is 11.5 Å². The second-order valence-corrected chi connectivity index (χ2v) is 10.2. The van der Waals surface area contributed by atoms with E-state index in [1.165, 1.54) is 40.7 Å². The lowest BCUT2D eigenvalue weighted by molar-refractivity contribution is 0.0981. The summed E-state index contributed by atoms with van der Waals surface area (Å²) in [6.45, 7) is 0.831. The molecule has 1 N–H and O–H groups in total. The van der Waals surface area contributed by atoms with Crippen LogP contribution in [0.3, 0.4) is 0 Å². The van der Waals surface area contributed by atoms with Gasteiger partial charge in [-0.15, -0.1) is 0 Å². The molecule has 154 valence electrons. The van der Waals surface area contributed by atoms with Gasteiger partial charge in [0.25, 0.3) is 15.9 Å². The van der Waals surface area contributed by atoms with Crippen molar-refractivity contribution < 1.29 is 31.1 Å². The molecule has 1 amide bonds. The van der Waals surface area contributed by atoms with Crippen molar-refractivity contribution in [2.75, 3.05) is 19.9 Å². The number of sulfonamides is 2. The molecule has 2 aromatic carbocycles. The van der Waals surface area contributed by atoms with Crippen LogP contribution in [0.5, 0.6) is 11.5 Å². The molecule has 0 bridgehead atoms. The Hall–Kier alpha value is -2.63. The minimum atomic E-state index is -4.28. The first-order valence-electron chi connectivity index (χ1n) is 8.84. The van der Waals surface area contributed by atoms with Crippen molar-refractivity contribution in [3.8, 4) is 11.5 Å². The molecule has 2 aliphatic heterocycles. The summed E-state index contributed by atoms with van der Waals surface area (Å²) in [6.07, 6.45) is 1.53. The smallest absolute Gasteiger partial charge is 0.265 e. The Morgan fingerprint density at radius 1 is 0.897 bits per heavy atom. The highest BCUT2D eigenvalue weighted by molar-refractivity contribution is 7.90. The SMILES string of the molecule is O=C(NS(=O)(=O)c1cccc(S(=O)(=O)N2CCCC2)c1)c1ccc2c(c1)OCO2. The number of ether oxygens (including phenoxy) is 2. The summed E-state index contributed by atoms with van der Waals surface area (Å²) in [5, 5.41) is 0. The minimum absolute atomic E-state index is 0.0248. The standard InChI is InChI=1S/C18H18N2O7S2/c21-18(13-6-7-16-17(10-13)27-12-26-16)19-28(22,23)14-4-3-5-15(11-14)29(24,25)20-8-1-2-9-20/h3-7,10-11H,1-2,8-9,12H2,(H,19,21). The molecule has 2 heterocycles. The van der Waals surface area contributed by atoms with Crippen LogP contribution >= 0.6 is 0 Å². The van der Waals surface area contributed by atoms with Gasteiger partial charge in [-0.2, -0.15) is 4.31 Å². The van der Waals surface area contributed by atoms with Crippen LogP contribution in [0.4, 0.5) is 0 Å². The van der Waals surface area contributed by atoms with E-state index in [4.69, 9.17) is 9.47 Å². The predicted molar refractivity (Wildman–Crippen MR) is 102 cm³/mol. The van der Waals surface area contributed by atoms with Gasteiger partial charge in [-0.1, -0.05) is 6.07 Å². The zero-order valence-corrected chi connectivity index (χ0v) is 16.8. The lowest BCUT2D eigenvalue weighted by Gasteiger charge is -2.16. The summed E-state index contributed by atoms with van der Waals surface area (Å²) in [6, 6.07) is 9.26. The fourth-order valence-electron chi connectivity index (χ4n) is 3.16. The fraction of sp³-hybridized carbons (Fsp3) is 0.278. The number of nitrogens with zero attached hydrogens (tertiary/aromatic N) is 1. The number of hydrogen-bond acceptors (Lipinski definition) is 7. The lowest BCUT2D eigenvalue weighted by atomic mass is 10.2. The molecule has 0 radical (unpaired) electrons. The number of hydrogen-bond donors (Lipinski definition) is 1. The van der Waals surface area contributed by atoms with E-state index in [-0.39, 0.29) is 22.1 Å². The average Bonchev–Trinajstić information content (AvgIpc) is 3.39. The molecule has 1 saturated heterocycles. The van der Waals surface area contributed by atoms with E-state index in [2.05, 4.69) is 0 Å². The molecule has 1 fully saturated rings. The van der Waals surface area contributed by atoms with Crippen LogP contribution < -0.4 is 14.2 Å². The molecular formula is C18H18N2O7S2. The first kappa shape index (κ1) is 19.7. The molecule has 11 heteroatoms. The molecule has 2 aromatic rings. The van der Waals surface area contributed by atoms with Crippen molar-refractivity contribution in [2.24, 2.45) is 0 Å². The Labute approximate surface area is 168 Å². The van der Waals surface area contributed by atoms with Gasteiger partial charge in [-0.3, -0.25) is 4.79 Å². The normalized spacial score (nSPS) is 16.7. The summed E-state index contributed by atoms with van der Waals surface area (Å²) in [5.41, 5.74) is 0.0682. The number of fused-ring (bicyclic) bond motifs is 1. The highest BCUT2D eigenvalue weighted by Crippen LogP contribution is 2.32. The van der Waals surface area contributed by atoms with Crippen molar-refractivity contribution >= 4 is 26.0 Å². The molecule has 0 saturated carbocycles. The van der Waals surface area contributed by atoms with Gasteiger partial charge in [0, 0.05) is 18.7 Å². The average molecular weight is 438 g/mol. The third kappa shape index (κ3) is 3.80. The molecule has 29 heavy (non-hydrogen) atoms. The highest BCUT2D eigenvalue weighted by atomic mass is 32.2. The quantitative estimate of drug-likeness (QED) is 0.748. The Morgan fingerprint density at radius 3 is 2.34 bits per heavy atom. The number of nitrogens with one attached hydrogen (secondary N) is 1. The van der Waals surface area contributed by atoms with Crippen LogP contribution in [-0.2, 0) is 20.0 Å². The number of benzene rings is 2. The van der Waals surface area contributed by atoms with E-state index in [9.17, 15) is 21.6 Å². The zero-order valence-electron chi connectivity index (χ0n) is 15.2. The lowest BCUT2D eigenvalue weighted by Crippen LogP contribution is -2.31. The summed E-state index contributed by atoms with van der Waals surface area (Å²) < 4.78 is 64.3. The number of carbonyl (C=O) groups excluding carboxylic acids is 1. The van der Waals surface area contributed by atoms with Crippen molar-refractivity contribution in [3.05, 3.63) is 48.0 Å². The van der Waals surface area contributed by atoms with Crippen molar-refractivity contribution in [2.45, 2.75) is 22.6 Å². The van der Waals surface area contributed by atoms with Crippen LogP contribution in [0.2, 0.25) is 0 Å². The Balaban J connectivity index is 1.58. The predicted octanol–water partition coefficient (Wildman–Crippen LogP) is 1.32. The molecule has 2 aliphatic rings. The summed E-state index contributed by atoms with van der Waals surface area (Å²) in [4.78, 5) is 12.0. The first-order valence-corrected chi connectivity index (χ1v) is 11.8. The molecule has 9 nitrogen and oxygen atoms in total. The van der Waals surface area contributed by atoms with Gasteiger partial charge in [0.05, 0.1) is 9.79 Å². The van der Waals surface area contributed by atoms with E-state index in [1.807, 2.05) is 4.72 Å². The van der Waals surface area contributed by atoms with Crippen molar-refractivity contribution in [1.82, 2.24) is 9.03 Å². The highest BCUT2D eigenvalue weighted by Gasteiger charge is 2.29. The number of amides is 1. The second-order valence-electron chi connectivity index (χ2n) is 6.59. The molecule has 0 atom stereocenters. The maximum absolute atomic E-state index is 12.7. The molecule has 0 aromatic heterocycles. The second kappa shape index (κ2) is 7.32. The Kier molecular flexibility index (Phi) is 4.97. The van der Waals surface area contributed by atoms with Crippen molar-refractivity contribution in [3.63, 3.8) is 0 Å². The molecule has 0 aliphatic carbocycles. The Bertz CT molecular complexity index is 1170. The topological polar surface area (TPSA) is 119 Å². The minimum Gasteiger partial charge on any atom is -0.454 e. The maximum atomic E-state index is 12.7. The summed E-state index contributed by atoms with van der Waals surface area (Å²) in [7, 11) is -8.07. The van der Waals surface area contributed by atoms with Gasteiger partial charge in [-0.05, 0) is 49.2 Å². The van der Waals surface area contributed by atoms with Crippen molar-refractivity contribution in [1.29, 1.82) is 0 Å². The largest absolute Gasteiger partial charge is 0.454 e. The van der Waals surface area contributed by atoms with Crippen LogP contribution in [0.1, 0.15) is 23.2 Å². The third-order valence-corrected chi connectivity index (χ3v) is 7.90. The van der Waals surface area contributed by atoms with E-state index < -0.39 is 26.0 Å². The van der Waals surface area contributed by atoms with Gasteiger partial charge in [0.1, 0.15) is 0 Å². The summed E-state index contributed by atoms with van der Waals surface area (Å²) in [5.74, 6) is -0.0610. The monoisotopic (exact) mass is 438 g/mol. The molecule has 4 rings (SSSR count). The van der Waals surface area contributed by atoms with Crippen LogP contribution in [0, 0.1) is 0 Å². The number of carbonyl (C=O) groups is 1. The maximum Gasteiger partial charge on any atom is 0.265 e. The van der Waals surface area contributed by atoms with E-state index in [0.29, 0.717) is 24.6 Å². The van der Waals surface area contributed by atoms with Crippen LogP contribution in [0.15, 0.2) is 52.3 Å². The Morgan fingerprint density at radius 2 is 1.59 bits per heavy atom. The van der Waals surface area contributed by atoms with Gasteiger partial charge in [0.2, 0.25) is 16.8 Å². The zero-order chi connectivity index (χ0) is 20.6. The summed E-state index contributed by atoms with van der Waals surface area (Å²) >= 11 is 0. The van der Waals surface area contributed by atoms with Gasteiger partial charge in [-0.25, -0.2) is 21.6 Å². The fourth-order valence-corrected chi connectivity index (χ4v) is 5.81. The van der Waals surface area contributed by atoms with Crippen LogP contribution in [0.25, 0.3) is 0 Å². The molecule has 0 unspecified atom stereocenters. The first-order chi connectivity index (χ1) is 13.8. The van der Waals surface area contributed by atoms with Crippen LogP contribution in [-0.4, -0.2) is 46.9 Å². The van der Waals surface area contributed by atoms with Gasteiger partial charge >= 0.3 is 0 Å². The van der Waals surface area contributed by atoms with Gasteiger partial charge < -0.3 is 9.47 Å².